The van der Waals surface area contributed by atoms with Gasteiger partial charge in [0.1, 0.15) is 17.5 Å². The van der Waals surface area contributed by atoms with Gasteiger partial charge in [-0.15, -0.1) is 0 Å². The van der Waals surface area contributed by atoms with Crippen molar-refractivity contribution < 1.29 is 22.8 Å². The van der Waals surface area contributed by atoms with E-state index in [1.807, 2.05) is 0 Å². The number of anilines is 2. The molecule has 8 nitrogen and oxygen atoms in total. The maximum Gasteiger partial charge on any atom is 0.272 e. The summed E-state index contributed by atoms with van der Waals surface area (Å²) in [7, 11) is 0. The van der Waals surface area contributed by atoms with E-state index < -0.39 is 29.3 Å². The predicted molar refractivity (Wildman–Crippen MR) is 132 cm³/mol. The zero-order valence-electron chi connectivity index (χ0n) is 18.8. The Bertz CT molecular complexity index is 1490. The van der Waals surface area contributed by atoms with Crippen molar-refractivity contribution in [1.82, 2.24) is 15.5 Å². The average molecular weight is 527 g/mol. The van der Waals surface area contributed by atoms with Crippen molar-refractivity contribution >= 4 is 40.8 Å². The lowest BCUT2D eigenvalue weighted by Crippen LogP contribution is -2.23. The largest absolute Gasteiger partial charge is 0.347 e. The van der Waals surface area contributed by atoms with Gasteiger partial charge in [0.15, 0.2) is 17.3 Å². The number of halogens is 4. The van der Waals surface area contributed by atoms with Gasteiger partial charge in [0.2, 0.25) is 0 Å². The fourth-order valence-electron chi connectivity index (χ4n) is 3.24. The number of hydrogen-bond acceptors (Lipinski definition) is 4. The van der Waals surface area contributed by atoms with Crippen LogP contribution in [0.3, 0.4) is 0 Å². The number of nitrogens with one attached hydrogen (secondary N) is 5. The SMILES string of the molecule is N=C(Nc1ccc(CNC(=O)c2cc(NC(=O)c3cc(F)c(F)cc3Cl)[nH]n2)cc1)c1ccccc1F. The molecule has 0 aliphatic heterocycles. The van der Waals surface area contributed by atoms with E-state index in [1.165, 1.54) is 18.2 Å². The highest BCUT2D eigenvalue weighted by Gasteiger charge is 2.17. The summed E-state index contributed by atoms with van der Waals surface area (Å²) in [6.45, 7) is 0.156. The molecule has 0 aliphatic rings. The van der Waals surface area contributed by atoms with E-state index in [4.69, 9.17) is 17.0 Å². The van der Waals surface area contributed by atoms with Crippen LogP contribution in [0, 0.1) is 22.9 Å². The molecule has 12 heteroatoms. The quantitative estimate of drug-likeness (QED) is 0.131. The minimum atomic E-state index is -1.23. The third kappa shape index (κ3) is 6.14. The van der Waals surface area contributed by atoms with Crippen molar-refractivity contribution in [3.05, 3.63) is 112 Å². The van der Waals surface area contributed by atoms with Crippen molar-refractivity contribution in [2.75, 3.05) is 10.6 Å². The van der Waals surface area contributed by atoms with Crippen LogP contribution >= 0.6 is 11.6 Å². The lowest BCUT2D eigenvalue weighted by atomic mass is 10.1. The Kier molecular flexibility index (Phi) is 7.54. The summed E-state index contributed by atoms with van der Waals surface area (Å²) < 4.78 is 40.5. The number of benzene rings is 3. The number of hydrogen-bond donors (Lipinski definition) is 5. The molecule has 188 valence electrons. The van der Waals surface area contributed by atoms with E-state index in [1.54, 1.807) is 36.4 Å². The van der Waals surface area contributed by atoms with Crippen LogP contribution < -0.4 is 16.0 Å². The zero-order valence-corrected chi connectivity index (χ0v) is 19.6. The minimum Gasteiger partial charge on any atom is -0.347 e. The van der Waals surface area contributed by atoms with Gasteiger partial charge in [0.25, 0.3) is 11.8 Å². The third-order valence-electron chi connectivity index (χ3n) is 5.13. The Hall–Kier alpha value is -4.64. The molecule has 0 saturated carbocycles. The molecular weight excluding hydrogens is 509 g/mol. The van der Waals surface area contributed by atoms with E-state index in [9.17, 15) is 22.8 Å². The summed E-state index contributed by atoms with van der Waals surface area (Å²) in [4.78, 5) is 24.7. The summed E-state index contributed by atoms with van der Waals surface area (Å²) in [5, 5.41) is 21.9. The standard InChI is InChI=1S/C25H18ClF3N6O2/c26-17-10-20(29)19(28)9-16(17)24(36)33-22-11-21(34-35-22)25(37)31-12-13-5-7-14(8-6-13)32-23(30)15-3-1-2-4-18(15)27/h1-11H,12H2,(H2,30,32)(H,31,37)(H2,33,34,35,36). The number of nitrogens with zero attached hydrogens (tertiary/aromatic N) is 1. The van der Waals surface area contributed by atoms with Crippen molar-refractivity contribution in [3.8, 4) is 0 Å². The highest BCUT2D eigenvalue weighted by Crippen LogP contribution is 2.21. The first kappa shape index (κ1) is 25.5. The second kappa shape index (κ2) is 11.0. The molecule has 37 heavy (non-hydrogen) atoms. The molecule has 4 rings (SSSR count). The van der Waals surface area contributed by atoms with Crippen molar-refractivity contribution in [1.29, 1.82) is 5.41 Å². The van der Waals surface area contributed by atoms with Crippen LogP contribution in [0.1, 0.15) is 32.0 Å². The van der Waals surface area contributed by atoms with Crippen molar-refractivity contribution in [2.45, 2.75) is 6.54 Å². The topological polar surface area (TPSA) is 123 Å². The van der Waals surface area contributed by atoms with E-state index in [0.717, 1.165) is 5.56 Å². The van der Waals surface area contributed by atoms with Crippen molar-refractivity contribution in [3.63, 3.8) is 0 Å². The van der Waals surface area contributed by atoms with Gasteiger partial charge in [-0.25, -0.2) is 13.2 Å². The monoisotopic (exact) mass is 526 g/mol. The third-order valence-corrected chi connectivity index (χ3v) is 5.45. The maximum absolute atomic E-state index is 13.8. The average Bonchev–Trinajstić information content (AvgIpc) is 3.34. The highest BCUT2D eigenvalue weighted by atomic mass is 35.5. The molecule has 1 heterocycles. The fraction of sp³-hybridized carbons (Fsp3) is 0.0400. The first-order chi connectivity index (χ1) is 17.7. The number of H-pyrrole nitrogens is 1. The highest BCUT2D eigenvalue weighted by molar-refractivity contribution is 6.34. The first-order valence-electron chi connectivity index (χ1n) is 10.7. The predicted octanol–water partition coefficient (Wildman–Crippen LogP) is 5.10. The minimum absolute atomic E-state index is 0.0247. The van der Waals surface area contributed by atoms with Crippen molar-refractivity contribution in [2.24, 2.45) is 0 Å². The van der Waals surface area contributed by atoms with Crippen LogP contribution in [0.4, 0.5) is 24.7 Å². The summed E-state index contributed by atoms with van der Waals surface area (Å²) in [6.07, 6.45) is 0. The number of rotatable bonds is 7. The molecule has 0 unspecified atom stereocenters. The smallest absolute Gasteiger partial charge is 0.272 e. The molecule has 0 radical (unpaired) electrons. The van der Waals surface area contributed by atoms with E-state index in [2.05, 4.69) is 26.1 Å². The number of aromatic amines is 1. The number of aromatic nitrogens is 2. The van der Waals surface area contributed by atoms with Gasteiger partial charge in [-0.05, 0) is 42.0 Å². The normalized spacial score (nSPS) is 10.6. The molecule has 0 atom stereocenters. The molecule has 0 bridgehead atoms. The van der Waals surface area contributed by atoms with E-state index in [-0.39, 0.29) is 40.0 Å². The molecule has 1 aromatic heterocycles. The molecule has 2 amide bonds. The summed E-state index contributed by atoms with van der Waals surface area (Å²) in [5.74, 6) is -4.33. The van der Waals surface area contributed by atoms with Crippen LogP contribution in [0.2, 0.25) is 5.02 Å². The van der Waals surface area contributed by atoms with E-state index >= 15 is 0 Å². The Labute approximate surface area is 213 Å². The first-order valence-corrected chi connectivity index (χ1v) is 11.1. The van der Waals surface area contributed by atoms with Gasteiger partial charge < -0.3 is 16.0 Å². The zero-order chi connectivity index (χ0) is 26.5. The molecule has 0 fully saturated rings. The molecule has 0 spiro atoms. The lowest BCUT2D eigenvalue weighted by Gasteiger charge is -2.10. The number of carbonyl (C=O) groups excluding carboxylic acids is 2. The Morgan fingerprint density at radius 3 is 2.30 bits per heavy atom. The van der Waals surface area contributed by atoms with Crippen LogP contribution in [-0.2, 0) is 6.54 Å². The molecule has 0 aliphatic carbocycles. The van der Waals surface area contributed by atoms with Crippen LogP contribution in [0.15, 0.2) is 66.7 Å². The van der Waals surface area contributed by atoms with Gasteiger partial charge >= 0.3 is 0 Å². The second-order valence-corrected chi connectivity index (χ2v) is 8.13. The van der Waals surface area contributed by atoms with Gasteiger partial charge in [0, 0.05) is 18.3 Å². The molecule has 4 aromatic rings. The fourth-order valence-corrected chi connectivity index (χ4v) is 3.48. The van der Waals surface area contributed by atoms with Crippen LogP contribution in [0.5, 0.6) is 0 Å². The molecule has 5 N–H and O–H groups in total. The van der Waals surface area contributed by atoms with E-state index in [0.29, 0.717) is 17.8 Å². The van der Waals surface area contributed by atoms with Gasteiger partial charge in [-0.1, -0.05) is 35.9 Å². The number of carbonyl (C=O) groups is 2. The van der Waals surface area contributed by atoms with Crippen LogP contribution in [0.25, 0.3) is 0 Å². The summed E-state index contributed by atoms with van der Waals surface area (Å²) in [5.41, 5.74) is 1.14. The van der Waals surface area contributed by atoms with Gasteiger partial charge in [-0.2, -0.15) is 5.10 Å². The van der Waals surface area contributed by atoms with Gasteiger partial charge in [0.05, 0.1) is 16.1 Å². The van der Waals surface area contributed by atoms with Crippen LogP contribution in [-0.4, -0.2) is 27.8 Å². The Morgan fingerprint density at radius 2 is 1.57 bits per heavy atom. The molecule has 3 aromatic carbocycles. The summed E-state index contributed by atoms with van der Waals surface area (Å²) >= 11 is 5.80. The van der Waals surface area contributed by atoms with Gasteiger partial charge in [-0.3, -0.25) is 20.1 Å². The lowest BCUT2D eigenvalue weighted by molar-refractivity contribution is 0.0945. The number of amidine groups is 1. The maximum atomic E-state index is 13.8. The number of amides is 2. The molecular formula is C25H18ClF3N6O2. The molecule has 0 saturated heterocycles. The Morgan fingerprint density at radius 1 is 0.865 bits per heavy atom. The second-order valence-electron chi connectivity index (χ2n) is 7.73. The summed E-state index contributed by atoms with van der Waals surface area (Å²) in [6, 6.07) is 15.4. The Balaban J connectivity index is 1.31.